The first kappa shape index (κ1) is 12.9. The van der Waals surface area contributed by atoms with Gasteiger partial charge in [-0.2, -0.15) is 0 Å². The number of hydrogen-bond donors (Lipinski definition) is 1. The van der Waals surface area contributed by atoms with Crippen LogP contribution in [0, 0.1) is 5.82 Å². The van der Waals surface area contributed by atoms with Gasteiger partial charge in [0.05, 0.1) is 18.9 Å². The van der Waals surface area contributed by atoms with Crippen molar-refractivity contribution < 1.29 is 9.13 Å². The Morgan fingerprint density at radius 3 is 2.84 bits per heavy atom. The minimum atomic E-state index is -0.0996. The molecule has 2 aliphatic heterocycles. The lowest BCUT2D eigenvalue weighted by Gasteiger charge is -2.29. The number of halogens is 1. The fourth-order valence-electron chi connectivity index (χ4n) is 2.95. The minimum absolute atomic E-state index is 0.0996. The molecule has 2 aliphatic rings. The van der Waals surface area contributed by atoms with Crippen molar-refractivity contribution in [2.45, 2.75) is 25.3 Å². The first-order chi connectivity index (χ1) is 9.33. The molecule has 2 fully saturated rings. The fraction of sp³-hybridized carbons (Fsp3) is 0.600. The second kappa shape index (κ2) is 5.88. The summed E-state index contributed by atoms with van der Waals surface area (Å²) in [5.74, 6) is -0.0996. The Kier molecular flexibility index (Phi) is 3.99. The third-order valence-electron chi connectivity index (χ3n) is 4.01. The zero-order chi connectivity index (χ0) is 13.1. The van der Waals surface area contributed by atoms with E-state index in [1.807, 2.05) is 6.07 Å². The van der Waals surface area contributed by atoms with Gasteiger partial charge in [0, 0.05) is 19.1 Å². The van der Waals surface area contributed by atoms with Crippen LogP contribution in [0.25, 0.3) is 0 Å². The van der Waals surface area contributed by atoms with Gasteiger partial charge in [0.2, 0.25) is 0 Å². The number of ether oxygens (including phenoxy) is 1. The summed E-state index contributed by atoms with van der Waals surface area (Å²) in [5, 5.41) is 3.45. The van der Waals surface area contributed by atoms with Crippen molar-refractivity contribution in [2.24, 2.45) is 0 Å². The summed E-state index contributed by atoms with van der Waals surface area (Å²) in [7, 11) is 0. The van der Waals surface area contributed by atoms with Crippen molar-refractivity contribution in [1.29, 1.82) is 0 Å². The molecule has 1 aromatic rings. The number of anilines is 1. The molecule has 1 N–H and O–H groups in total. The second-order valence-corrected chi connectivity index (χ2v) is 5.38. The molecule has 1 atom stereocenters. The van der Waals surface area contributed by atoms with E-state index in [9.17, 15) is 4.39 Å². The highest BCUT2D eigenvalue weighted by Crippen LogP contribution is 2.23. The van der Waals surface area contributed by atoms with Crippen molar-refractivity contribution in [3.8, 4) is 0 Å². The van der Waals surface area contributed by atoms with Gasteiger partial charge in [0.1, 0.15) is 5.82 Å². The van der Waals surface area contributed by atoms with E-state index in [-0.39, 0.29) is 5.82 Å². The number of nitrogens with one attached hydrogen (secondary N) is 1. The van der Waals surface area contributed by atoms with Gasteiger partial charge in [-0.25, -0.2) is 4.39 Å². The molecule has 0 spiro atoms. The van der Waals surface area contributed by atoms with Gasteiger partial charge in [-0.1, -0.05) is 6.07 Å². The molecule has 0 radical (unpaired) electrons. The van der Waals surface area contributed by atoms with Crippen molar-refractivity contribution in [3.63, 3.8) is 0 Å². The zero-order valence-electron chi connectivity index (χ0n) is 11.2. The molecule has 1 aromatic carbocycles. The molecule has 104 valence electrons. The smallest absolute Gasteiger partial charge is 0.146 e. The van der Waals surface area contributed by atoms with Gasteiger partial charge in [-0.15, -0.1) is 0 Å². The molecule has 19 heavy (non-hydrogen) atoms. The number of rotatable bonds is 3. The van der Waals surface area contributed by atoms with Gasteiger partial charge in [-0.05, 0) is 43.5 Å². The lowest BCUT2D eigenvalue weighted by Crippen LogP contribution is -2.36. The first-order valence-electron chi connectivity index (χ1n) is 7.17. The number of nitrogens with zero attached hydrogens (tertiary/aromatic N) is 1. The third kappa shape index (κ3) is 3.07. The van der Waals surface area contributed by atoms with Gasteiger partial charge >= 0.3 is 0 Å². The van der Waals surface area contributed by atoms with E-state index in [1.165, 1.54) is 12.8 Å². The molecule has 2 heterocycles. The highest BCUT2D eigenvalue weighted by molar-refractivity contribution is 5.49. The van der Waals surface area contributed by atoms with E-state index < -0.39 is 0 Å². The van der Waals surface area contributed by atoms with Crippen LogP contribution in [0.5, 0.6) is 0 Å². The second-order valence-electron chi connectivity index (χ2n) is 5.38. The fourth-order valence-corrected chi connectivity index (χ4v) is 2.95. The summed E-state index contributed by atoms with van der Waals surface area (Å²) in [6.45, 7) is 4.03. The Labute approximate surface area is 113 Å². The Hall–Kier alpha value is -1.13. The highest BCUT2D eigenvalue weighted by atomic mass is 19.1. The highest BCUT2D eigenvalue weighted by Gasteiger charge is 2.18. The van der Waals surface area contributed by atoms with E-state index in [1.54, 1.807) is 6.07 Å². The van der Waals surface area contributed by atoms with Crippen LogP contribution in [0.1, 0.15) is 18.4 Å². The molecule has 0 amide bonds. The van der Waals surface area contributed by atoms with Crippen molar-refractivity contribution >= 4 is 5.69 Å². The summed E-state index contributed by atoms with van der Waals surface area (Å²) in [4.78, 5) is 2.07. The Morgan fingerprint density at radius 2 is 2.16 bits per heavy atom. The molecule has 3 nitrogen and oxygen atoms in total. The standard InChI is InChI=1S/C15H21FN2O/c16-14-11-12(10-13-2-1-5-17-13)3-4-15(14)18-6-8-19-9-7-18/h3-4,11,13,17H,1-2,5-10H2. The number of benzene rings is 1. The first-order valence-corrected chi connectivity index (χ1v) is 7.17. The maximum Gasteiger partial charge on any atom is 0.146 e. The topological polar surface area (TPSA) is 24.5 Å². The summed E-state index contributed by atoms with van der Waals surface area (Å²) in [6, 6.07) is 6.21. The lowest BCUT2D eigenvalue weighted by molar-refractivity contribution is 0.122. The monoisotopic (exact) mass is 264 g/mol. The quantitative estimate of drug-likeness (QED) is 0.903. The minimum Gasteiger partial charge on any atom is -0.378 e. The molecule has 0 bridgehead atoms. The van der Waals surface area contributed by atoms with Gasteiger partial charge in [0.15, 0.2) is 0 Å². The molecular formula is C15H21FN2O. The van der Waals surface area contributed by atoms with Gasteiger partial charge in [0.25, 0.3) is 0 Å². The summed E-state index contributed by atoms with van der Waals surface area (Å²) in [5.41, 5.74) is 1.81. The van der Waals surface area contributed by atoms with Crippen molar-refractivity contribution in [1.82, 2.24) is 5.32 Å². The Balaban J connectivity index is 1.69. The van der Waals surface area contributed by atoms with Crippen LogP contribution < -0.4 is 10.2 Å². The van der Waals surface area contributed by atoms with E-state index in [4.69, 9.17) is 4.74 Å². The SMILES string of the molecule is Fc1cc(CC2CCCN2)ccc1N1CCOCC1. The maximum atomic E-state index is 14.2. The van der Waals surface area contributed by atoms with Crippen LogP contribution in [0.15, 0.2) is 18.2 Å². The van der Waals surface area contributed by atoms with Gasteiger partial charge < -0.3 is 15.0 Å². The molecule has 0 aromatic heterocycles. The molecule has 4 heteroatoms. The average molecular weight is 264 g/mol. The maximum absolute atomic E-state index is 14.2. The summed E-state index contributed by atoms with van der Waals surface area (Å²) < 4.78 is 19.5. The molecule has 3 rings (SSSR count). The molecule has 0 aliphatic carbocycles. The zero-order valence-corrected chi connectivity index (χ0v) is 11.2. The predicted molar refractivity (Wildman–Crippen MR) is 74.2 cm³/mol. The van der Waals surface area contributed by atoms with Crippen molar-refractivity contribution in [2.75, 3.05) is 37.7 Å². The van der Waals surface area contributed by atoms with E-state index in [0.29, 0.717) is 24.9 Å². The third-order valence-corrected chi connectivity index (χ3v) is 4.01. The summed E-state index contributed by atoms with van der Waals surface area (Å²) >= 11 is 0. The lowest BCUT2D eigenvalue weighted by atomic mass is 10.0. The average Bonchev–Trinajstić information content (AvgIpc) is 2.93. The Morgan fingerprint density at radius 1 is 1.32 bits per heavy atom. The van der Waals surface area contributed by atoms with E-state index in [2.05, 4.69) is 16.3 Å². The molecular weight excluding hydrogens is 243 g/mol. The van der Waals surface area contributed by atoms with Gasteiger partial charge in [-0.3, -0.25) is 0 Å². The number of morpholine rings is 1. The van der Waals surface area contributed by atoms with Crippen LogP contribution >= 0.6 is 0 Å². The normalized spacial score (nSPS) is 23.8. The largest absolute Gasteiger partial charge is 0.378 e. The van der Waals surface area contributed by atoms with Crippen LogP contribution in [-0.2, 0) is 11.2 Å². The van der Waals surface area contributed by atoms with E-state index >= 15 is 0 Å². The predicted octanol–water partition coefficient (Wildman–Crippen LogP) is 1.96. The number of hydrogen-bond acceptors (Lipinski definition) is 3. The summed E-state index contributed by atoms with van der Waals surface area (Å²) in [6.07, 6.45) is 3.37. The van der Waals surface area contributed by atoms with Crippen molar-refractivity contribution in [3.05, 3.63) is 29.6 Å². The molecule has 0 saturated carbocycles. The molecule has 2 saturated heterocycles. The van der Waals surface area contributed by atoms with Crippen LogP contribution in [-0.4, -0.2) is 38.9 Å². The Bertz CT molecular complexity index is 426. The van der Waals surface area contributed by atoms with Crippen LogP contribution in [0.2, 0.25) is 0 Å². The van der Waals surface area contributed by atoms with Crippen LogP contribution in [0.4, 0.5) is 10.1 Å². The van der Waals surface area contributed by atoms with E-state index in [0.717, 1.165) is 31.6 Å². The van der Waals surface area contributed by atoms with Crippen LogP contribution in [0.3, 0.4) is 0 Å². The molecule has 1 unspecified atom stereocenters.